The van der Waals surface area contributed by atoms with Crippen LogP contribution in [0.1, 0.15) is 48.0 Å². The summed E-state index contributed by atoms with van der Waals surface area (Å²) in [7, 11) is -3.78. The average Bonchev–Trinajstić information content (AvgIpc) is 2.63. The molecule has 1 rings (SSSR count). The van der Waals surface area contributed by atoms with Gasteiger partial charge in [-0.1, -0.05) is 48.4 Å². The van der Waals surface area contributed by atoms with Gasteiger partial charge in [0.25, 0.3) is 0 Å². The third kappa shape index (κ3) is 4.85. The minimum Gasteiger partial charge on any atom is -0.379 e. The van der Waals surface area contributed by atoms with Crippen LogP contribution in [0.4, 0.5) is 0 Å². The van der Waals surface area contributed by atoms with Gasteiger partial charge in [-0.25, -0.2) is 13.1 Å². The first-order chi connectivity index (χ1) is 12.0. The molecule has 4 nitrogen and oxygen atoms in total. The van der Waals surface area contributed by atoms with Gasteiger partial charge in [-0.05, 0) is 69.0 Å². The van der Waals surface area contributed by atoms with Crippen molar-refractivity contribution in [1.29, 1.82) is 0 Å². The third-order valence-corrected chi connectivity index (χ3v) is 7.12. The van der Waals surface area contributed by atoms with Gasteiger partial charge in [-0.15, -0.1) is 0 Å². The molecule has 0 aliphatic carbocycles. The Balaban J connectivity index is 3.48. The zero-order chi connectivity index (χ0) is 20.1. The Bertz CT molecular complexity index is 749. The molecule has 1 unspecified atom stereocenters. The van der Waals surface area contributed by atoms with Gasteiger partial charge < -0.3 is 5.11 Å². The average molecular weight is 444 g/mol. The second kappa shape index (κ2) is 9.31. The monoisotopic (exact) mass is 443 g/mol. The van der Waals surface area contributed by atoms with Crippen LogP contribution in [0.15, 0.2) is 56.9 Å². The van der Waals surface area contributed by atoms with E-state index in [1.807, 2.05) is 53.7 Å². The lowest BCUT2D eigenvalue weighted by atomic mass is 9.75. The number of rotatable bonds is 8. The van der Waals surface area contributed by atoms with Crippen molar-refractivity contribution in [3.63, 3.8) is 0 Å². The quantitative estimate of drug-likeness (QED) is 0.566. The fraction of sp³-hybridized carbons (Fsp3) is 0.500. The number of hydrogen-bond donors (Lipinski definition) is 2. The van der Waals surface area contributed by atoms with Gasteiger partial charge >= 0.3 is 0 Å². The van der Waals surface area contributed by atoms with Crippen molar-refractivity contribution in [1.82, 2.24) is 4.72 Å². The van der Waals surface area contributed by atoms with Gasteiger partial charge in [0, 0.05) is 4.47 Å². The molecule has 0 saturated carbocycles. The lowest BCUT2D eigenvalue weighted by Crippen LogP contribution is -2.57. The maximum absolute atomic E-state index is 13.0. The van der Waals surface area contributed by atoms with Crippen molar-refractivity contribution in [3.8, 4) is 0 Å². The van der Waals surface area contributed by atoms with Crippen LogP contribution in [0.3, 0.4) is 0 Å². The molecule has 26 heavy (non-hydrogen) atoms. The Kier molecular flexibility index (Phi) is 8.27. The largest absolute Gasteiger partial charge is 0.379 e. The van der Waals surface area contributed by atoms with E-state index in [9.17, 15) is 13.5 Å². The van der Waals surface area contributed by atoms with Gasteiger partial charge in [0.05, 0.1) is 10.9 Å². The summed E-state index contributed by atoms with van der Waals surface area (Å²) in [5.41, 5.74) is 0.0512. The number of allylic oxidation sites excluding steroid dienone is 2. The van der Waals surface area contributed by atoms with Crippen LogP contribution < -0.4 is 4.72 Å². The molecule has 0 radical (unpaired) electrons. The van der Waals surface area contributed by atoms with E-state index in [1.54, 1.807) is 24.3 Å². The molecular weight excluding hydrogens is 414 g/mol. The van der Waals surface area contributed by atoms with E-state index in [0.717, 1.165) is 22.0 Å². The first-order valence-corrected chi connectivity index (χ1v) is 11.1. The summed E-state index contributed by atoms with van der Waals surface area (Å²) in [4.78, 5) is 0.174. The molecule has 6 heteroatoms. The second-order valence-corrected chi connectivity index (χ2v) is 9.28. The van der Waals surface area contributed by atoms with Crippen LogP contribution >= 0.6 is 15.9 Å². The molecule has 0 aliphatic rings. The highest BCUT2D eigenvalue weighted by atomic mass is 79.9. The molecule has 0 bridgehead atoms. The number of hydrogen-bond acceptors (Lipinski definition) is 3. The maximum Gasteiger partial charge on any atom is 0.240 e. The molecule has 0 amide bonds. The van der Waals surface area contributed by atoms with Crippen molar-refractivity contribution in [2.24, 2.45) is 5.92 Å². The summed E-state index contributed by atoms with van der Waals surface area (Å²) in [6.45, 7) is 11.3. The maximum atomic E-state index is 13.0. The van der Waals surface area contributed by atoms with E-state index in [0.29, 0.717) is 0 Å². The summed E-state index contributed by atoms with van der Waals surface area (Å²) < 4.78 is 29.5. The van der Waals surface area contributed by atoms with Crippen molar-refractivity contribution in [2.75, 3.05) is 0 Å². The number of aliphatic hydroxyl groups is 1. The minimum atomic E-state index is -3.78. The van der Waals surface area contributed by atoms with Crippen LogP contribution in [0.25, 0.3) is 0 Å². The van der Waals surface area contributed by atoms with Crippen LogP contribution in [-0.2, 0) is 10.0 Å². The molecule has 1 aromatic carbocycles. The fourth-order valence-electron chi connectivity index (χ4n) is 2.94. The van der Waals surface area contributed by atoms with Crippen LogP contribution in [0.2, 0.25) is 0 Å². The number of sulfonamides is 1. The molecule has 3 atom stereocenters. The lowest BCUT2D eigenvalue weighted by molar-refractivity contribution is 0.0580. The zero-order valence-corrected chi connectivity index (χ0v) is 18.8. The Hall–Kier alpha value is -0.950. The molecule has 0 spiro atoms. The highest BCUT2D eigenvalue weighted by Gasteiger charge is 2.44. The summed E-state index contributed by atoms with van der Waals surface area (Å²) in [6.07, 6.45) is 4.39. The topological polar surface area (TPSA) is 66.4 Å². The molecule has 146 valence electrons. The number of nitrogens with one attached hydrogen (secondary N) is 1. The molecule has 0 fully saturated rings. The highest BCUT2D eigenvalue weighted by Crippen LogP contribution is 2.35. The fourth-order valence-corrected chi connectivity index (χ4v) is 4.57. The molecule has 0 aromatic heterocycles. The van der Waals surface area contributed by atoms with Gasteiger partial charge in [0.1, 0.15) is 5.60 Å². The van der Waals surface area contributed by atoms with Crippen molar-refractivity contribution in [3.05, 3.63) is 52.0 Å². The molecular formula is C20H30BrNO3S. The Morgan fingerprint density at radius 3 is 2.04 bits per heavy atom. The van der Waals surface area contributed by atoms with Gasteiger partial charge in [0.15, 0.2) is 0 Å². The van der Waals surface area contributed by atoms with Gasteiger partial charge in [-0.2, -0.15) is 0 Å². The van der Waals surface area contributed by atoms with E-state index in [-0.39, 0.29) is 10.8 Å². The smallest absolute Gasteiger partial charge is 0.240 e. The molecule has 2 N–H and O–H groups in total. The Morgan fingerprint density at radius 2 is 1.65 bits per heavy atom. The van der Waals surface area contributed by atoms with E-state index in [1.165, 1.54) is 0 Å². The Labute approximate surface area is 166 Å². The van der Waals surface area contributed by atoms with Crippen molar-refractivity contribution >= 4 is 26.0 Å². The summed E-state index contributed by atoms with van der Waals surface area (Å²) in [6, 6.07) is 5.78. The Morgan fingerprint density at radius 1 is 1.19 bits per heavy atom. The van der Waals surface area contributed by atoms with E-state index in [2.05, 4.69) is 20.7 Å². The van der Waals surface area contributed by atoms with E-state index >= 15 is 0 Å². The predicted molar refractivity (Wildman–Crippen MR) is 112 cm³/mol. The predicted octanol–water partition coefficient (Wildman–Crippen LogP) is 4.81. The molecule has 0 saturated heterocycles. The van der Waals surface area contributed by atoms with Crippen molar-refractivity contribution in [2.45, 2.75) is 64.5 Å². The van der Waals surface area contributed by atoms with Crippen molar-refractivity contribution < 1.29 is 13.5 Å². The standard InChI is InChI=1S/C20H30BrNO3S/c1-7-14(4)19(20(23,15(5)8-2)16(6)9-3)22-26(24,25)18-12-10-17(21)11-13-18/h8-14,19,22-23H,7H2,1-6H3/b15-8-,16-9+/t14-,19-,20?/m0/s1. The lowest BCUT2D eigenvalue weighted by Gasteiger charge is -2.41. The van der Waals surface area contributed by atoms with E-state index in [4.69, 9.17) is 0 Å². The molecule has 0 aliphatic heterocycles. The summed E-state index contributed by atoms with van der Waals surface area (Å²) >= 11 is 3.32. The van der Waals surface area contributed by atoms with E-state index < -0.39 is 21.7 Å². The normalized spacial score (nSPS) is 18.3. The van der Waals surface area contributed by atoms with Crippen LogP contribution in [0.5, 0.6) is 0 Å². The SMILES string of the molecule is C/C=C(/C)C(O)(/C(C)=C/C)[C@@H](NS(=O)(=O)c1ccc(Br)cc1)[C@@H](C)CC. The van der Waals surface area contributed by atoms with Gasteiger partial charge in [-0.3, -0.25) is 0 Å². The summed E-state index contributed by atoms with van der Waals surface area (Å²) in [5.74, 6) is -0.0741. The number of benzene rings is 1. The summed E-state index contributed by atoms with van der Waals surface area (Å²) in [5, 5.41) is 11.6. The molecule has 1 aromatic rings. The first-order valence-electron chi connectivity index (χ1n) is 8.81. The second-order valence-electron chi connectivity index (χ2n) is 6.65. The first kappa shape index (κ1) is 23.1. The minimum absolute atomic E-state index is 0.0741. The highest BCUT2D eigenvalue weighted by molar-refractivity contribution is 9.10. The van der Waals surface area contributed by atoms with Crippen LogP contribution in [-0.4, -0.2) is 25.2 Å². The van der Waals surface area contributed by atoms with Gasteiger partial charge in [0.2, 0.25) is 10.0 Å². The number of halogens is 1. The third-order valence-electron chi connectivity index (χ3n) is 5.14. The van der Waals surface area contributed by atoms with Crippen LogP contribution in [0, 0.1) is 5.92 Å². The zero-order valence-electron chi connectivity index (χ0n) is 16.4. The molecule has 0 heterocycles.